The highest BCUT2D eigenvalue weighted by Gasteiger charge is 2.29. The van der Waals surface area contributed by atoms with Crippen molar-refractivity contribution < 1.29 is 27.9 Å². The standard InChI is InChI=1S/C23H27ClN2O6S/c1-15-12-18(24)20(13-19(15)32-14-21(27)25-17-10-6-3-7-11-17)33(30,31)26-22(23(28)29)16-8-4-2-5-9-16/h2,4-5,8-9,12-13,17,22,26H,3,6-7,10-11,14H2,1H3,(H,25,27)(H,28,29)/t22-/m0/s1. The van der Waals surface area contributed by atoms with E-state index >= 15 is 0 Å². The average molecular weight is 495 g/mol. The Bertz CT molecular complexity index is 1100. The number of nitrogens with one attached hydrogen (secondary N) is 2. The first-order valence-electron chi connectivity index (χ1n) is 10.7. The average Bonchev–Trinajstić information content (AvgIpc) is 2.78. The van der Waals surface area contributed by atoms with Crippen LogP contribution in [0.2, 0.25) is 5.02 Å². The number of carboxylic acid groups (broad SMARTS) is 1. The minimum atomic E-state index is -4.33. The van der Waals surface area contributed by atoms with Crippen molar-refractivity contribution in [3.8, 4) is 5.75 Å². The number of hydrogen-bond acceptors (Lipinski definition) is 5. The first kappa shape index (κ1) is 25.0. The molecule has 0 radical (unpaired) electrons. The van der Waals surface area contributed by atoms with Crippen molar-refractivity contribution in [1.82, 2.24) is 10.0 Å². The van der Waals surface area contributed by atoms with E-state index in [4.69, 9.17) is 16.3 Å². The predicted molar refractivity (Wildman–Crippen MR) is 124 cm³/mol. The van der Waals surface area contributed by atoms with E-state index in [-0.39, 0.29) is 39.8 Å². The van der Waals surface area contributed by atoms with Gasteiger partial charge in [0.25, 0.3) is 5.91 Å². The van der Waals surface area contributed by atoms with Gasteiger partial charge in [0.15, 0.2) is 6.61 Å². The summed E-state index contributed by atoms with van der Waals surface area (Å²) in [4.78, 5) is 23.7. The van der Waals surface area contributed by atoms with Gasteiger partial charge in [-0.1, -0.05) is 61.2 Å². The van der Waals surface area contributed by atoms with Crippen molar-refractivity contribution in [2.24, 2.45) is 0 Å². The molecule has 33 heavy (non-hydrogen) atoms. The third kappa shape index (κ3) is 6.69. The summed E-state index contributed by atoms with van der Waals surface area (Å²) in [5.74, 6) is -1.47. The molecule has 3 rings (SSSR count). The number of carbonyl (C=O) groups is 2. The lowest BCUT2D eigenvalue weighted by molar-refractivity contribution is -0.139. The fourth-order valence-electron chi connectivity index (χ4n) is 3.78. The smallest absolute Gasteiger partial charge is 0.326 e. The van der Waals surface area contributed by atoms with Crippen LogP contribution < -0.4 is 14.8 Å². The van der Waals surface area contributed by atoms with E-state index in [9.17, 15) is 23.1 Å². The van der Waals surface area contributed by atoms with Crippen LogP contribution in [0.25, 0.3) is 0 Å². The highest BCUT2D eigenvalue weighted by molar-refractivity contribution is 7.89. The van der Waals surface area contributed by atoms with Crippen LogP contribution in [0.5, 0.6) is 5.75 Å². The third-order valence-electron chi connectivity index (χ3n) is 5.50. The molecule has 1 saturated carbocycles. The Morgan fingerprint density at radius 2 is 1.82 bits per heavy atom. The molecule has 2 aromatic carbocycles. The highest BCUT2D eigenvalue weighted by Crippen LogP contribution is 2.31. The number of amides is 1. The van der Waals surface area contributed by atoms with Crippen LogP contribution >= 0.6 is 11.6 Å². The molecule has 0 spiro atoms. The third-order valence-corrected chi connectivity index (χ3v) is 7.39. The lowest BCUT2D eigenvalue weighted by Gasteiger charge is -2.23. The summed E-state index contributed by atoms with van der Waals surface area (Å²) >= 11 is 6.19. The van der Waals surface area contributed by atoms with Crippen LogP contribution in [0.3, 0.4) is 0 Å². The van der Waals surface area contributed by atoms with E-state index in [2.05, 4.69) is 10.0 Å². The minimum Gasteiger partial charge on any atom is -0.483 e. The fourth-order valence-corrected chi connectivity index (χ4v) is 5.56. The van der Waals surface area contributed by atoms with Crippen molar-refractivity contribution >= 4 is 33.5 Å². The van der Waals surface area contributed by atoms with Crippen LogP contribution in [0.15, 0.2) is 47.4 Å². The van der Waals surface area contributed by atoms with Crippen LogP contribution in [0, 0.1) is 6.92 Å². The second-order valence-corrected chi connectivity index (χ2v) is 10.1. The molecule has 2 aromatic rings. The highest BCUT2D eigenvalue weighted by atomic mass is 35.5. The molecule has 0 aliphatic heterocycles. The van der Waals surface area contributed by atoms with Gasteiger partial charge >= 0.3 is 5.97 Å². The van der Waals surface area contributed by atoms with Crippen molar-refractivity contribution in [1.29, 1.82) is 0 Å². The van der Waals surface area contributed by atoms with E-state index in [0.717, 1.165) is 25.7 Å². The van der Waals surface area contributed by atoms with Crippen LogP contribution in [0.1, 0.15) is 49.3 Å². The molecule has 1 aliphatic rings. The lowest BCUT2D eigenvalue weighted by atomic mass is 9.95. The van der Waals surface area contributed by atoms with Crippen molar-refractivity contribution in [3.63, 3.8) is 0 Å². The molecule has 1 amide bonds. The summed E-state index contributed by atoms with van der Waals surface area (Å²) < 4.78 is 33.8. The molecule has 1 aliphatic carbocycles. The van der Waals surface area contributed by atoms with E-state index in [1.54, 1.807) is 25.1 Å². The van der Waals surface area contributed by atoms with Gasteiger partial charge in [-0.25, -0.2) is 8.42 Å². The Hall–Kier alpha value is -2.62. The lowest BCUT2D eigenvalue weighted by Crippen LogP contribution is -2.39. The Morgan fingerprint density at radius 3 is 2.45 bits per heavy atom. The number of benzene rings is 2. The molecule has 0 saturated heterocycles. The Labute approximate surface area is 198 Å². The Kier molecular flexibility index (Phi) is 8.34. The minimum absolute atomic E-state index is 0.0868. The van der Waals surface area contributed by atoms with Gasteiger partial charge in [0, 0.05) is 12.1 Å². The molecule has 8 nitrogen and oxygen atoms in total. The maximum absolute atomic E-state index is 13.0. The van der Waals surface area contributed by atoms with Gasteiger partial charge in [-0.2, -0.15) is 4.72 Å². The summed E-state index contributed by atoms with van der Waals surface area (Å²) in [5.41, 5.74) is 0.815. The summed E-state index contributed by atoms with van der Waals surface area (Å²) in [6.07, 6.45) is 5.20. The van der Waals surface area contributed by atoms with Gasteiger partial charge in [-0.05, 0) is 37.0 Å². The van der Waals surface area contributed by atoms with Gasteiger partial charge in [0.2, 0.25) is 10.0 Å². The zero-order valence-electron chi connectivity index (χ0n) is 18.2. The monoisotopic (exact) mass is 494 g/mol. The van der Waals surface area contributed by atoms with E-state index in [1.165, 1.54) is 30.7 Å². The van der Waals surface area contributed by atoms with Crippen molar-refractivity contribution in [3.05, 3.63) is 58.6 Å². The molecule has 0 heterocycles. The van der Waals surface area contributed by atoms with E-state index in [1.807, 2.05) is 0 Å². The number of sulfonamides is 1. The molecule has 178 valence electrons. The first-order chi connectivity index (χ1) is 15.7. The molecule has 1 fully saturated rings. The van der Waals surface area contributed by atoms with E-state index in [0.29, 0.717) is 5.56 Å². The predicted octanol–water partition coefficient (Wildman–Crippen LogP) is 3.58. The molecule has 0 bridgehead atoms. The van der Waals surface area contributed by atoms with Gasteiger partial charge in [0.05, 0.1) is 5.02 Å². The van der Waals surface area contributed by atoms with Gasteiger partial charge < -0.3 is 15.2 Å². The molecule has 0 aromatic heterocycles. The largest absolute Gasteiger partial charge is 0.483 e. The Balaban J connectivity index is 1.76. The summed E-state index contributed by atoms with van der Waals surface area (Å²) in [5, 5.41) is 12.4. The second-order valence-electron chi connectivity index (χ2n) is 8.04. The molecular formula is C23H27ClN2O6S. The Morgan fingerprint density at radius 1 is 1.15 bits per heavy atom. The van der Waals surface area contributed by atoms with Gasteiger partial charge in [-0.15, -0.1) is 0 Å². The van der Waals surface area contributed by atoms with Gasteiger partial charge in [-0.3, -0.25) is 9.59 Å². The number of halogens is 1. The SMILES string of the molecule is Cc1cc(Cl)c(S(=O)(=O)N[C@H](C(=O)O)c2ccccc2)cc1OCC(=O)NC1CCCCC1. The fraction of sp³-hybridized carbons (Fsp3) is 0.391. The number of carboxylic acids is 1. The van der Waals surface area contributed by atoms with Crippen LogP contribution in [-0.2, 0) is 19.6 Å². The number of rotatable bonds is 9. The topological polar surface area (TPSA) is 122 Å². The summed E-state index contributed by atoms with van der Waals surface area (Å²) in [6.45, 7) is 1.40. The molecule has 10 heteroatoms. The van der Waals surface area contributed by atoms with Crippen molar-refractivity contribution in [2.75, 3.05) is 6.61 Å². The van der Waals surface area contributed by atoms with Crippen molar-refractivity contribution in [2.45, 2.75) is 56.0 Å². The first-order valence-corrected chi connectivity index (χ1v) is 12.6. The van der Waals surface area contributed by atoms with E-state index < -0.39 is 22.0 Å². The zero-order chi connectivity index (χ0) is 24.0. The molecule has 1 atom stereocenters. The number of hydrogen-bond donors (Lipinski definition) is 3. The number of carbonyl (C=O) groups excluding carboxylic acids is 1. The molecule has 0 unspecified atom stereocenters. The maximum atomic E-state index is 13.0. The van der Waals surface area contributed by atoms with Gasteiger partial charge in [0.1, 0.15) is 16.7 Å². The normalized spacial score (nSPS) is 15.6. The number of ether oxygens (including phenoxy) is 1. The molecular weight excluding hydrogens is 468 g/mol. The number of aliphatic carboxylic acids is 1. The van der Waals surface area contributed by atoms with Crippen LogP contribution in [-0.4, -0.2) is 38.0 Å². The maximum Gasteiger partial charge on any atom is 0.326 e. The second kappa shape index (κ2) is 11.0. The van der Waals surface area contributed by atoms with Crippen LogP contribution in [0.4, 0.5) is 0 Å². The number of aryl methyl sites for hydroxylation is 1. The summed E-state index contributed by atoms with van der Waals surface area (Å²) in [6, 6.07) is 9.19. The zero-order valence-corrected chi connectivity index (χ0v) is 19.8. The summed E-state index contributed by atoms with van der Waals surface area (Å²) in [7, 11) is -4.33. The quantitative estimate of drug-likeness (QED) is 0.489. The molecule has 3 N–H and O–H groups in total.